The molecule has 1 aromatic heterocycles. The second-order valence-corrected chi connectivity index (χ2v) is 6.01. The summed E-state index contributed by atoms with van der Waals surface area (Å²) in [6.45, 7) is 3.60. The number of hydrogen-bond donors (Lipinski definition) is 0. The highest BCUT2D eigenvalue weighted by atomic mass is 35.5. The summed E-state index contributed by atoms with van der Waals surface area (Å²) in [4.78, 5) is 15.1. The van der Waals surface area contributed by atoms with Crippen molar-refractivity contribution in [1.82, 2.24) is 4.98 Å². The summed E-state index contributed by atoms with van der Waals surface area (Å²) >= 11 is 5.66. The van der Waals surface area contributed by atoms with Crippen LogP contribution >= 0.6 is 11.6 Å². The van der Waals surface area contributed by atoms with Gasteiger partial charge in [0.25, 0.3) is 11.7 Å². The van der Waals surface area contributed by atoms with Gasteiger partial charge in [-0.15, -0.1) is 0 Å². The van der Waals surface area contributed by atoms with Crippen molar-refractivity contribution in [2.45, 2.75) is 43.8 Å². The summed E-state index contributed by atoms with van der Waals surface area (Å²) in [7, 11) is 0. The Morgan fingerprint density at radius 3 is 2.39 bits per heavy atom. The van der Waals surface area contributed by atoms with Gasteiger partial charge in [0.15, 0.2) is 5.82 Å². The molecule has 1 aromatic rings. The van der Waals surface area contributed by atoms with E-state index in [-0.39, 0.29) is 5.76 Å². The highest BCUT2D eigenvalue weighted by molar-refractivity contribution is 6.31. The molecule has 1 aliphatic carbocycles. The van der Waals surface area contributed by atoms with Crippen molar-refractivity contribution in [3.05, 3.63) is 40.6 Å². The predicted octanol–water partition coefficient (Wildman–Crippen LogP) is 3.98. The molecule has 2 fully saturated rings. The predicted molar refractivity (Wildman–Crippen MR) is 74.0 cm³/mol. The van der Waals surface area contributed by atoms with Gasteiger partial charge in [-0.3, -0.25) is 4.79 Å². The minimum absolute atomic E-state index is 0.144. The van der Waals surface area contributed by atoms with Crippen molar-refractivity contribution >= 4 is 17.6 Å². The van der Waals surface area contributed by atoms with Crippen molar-refractivity contribution < 1.29 is 27.4 Å². The minimum Gasteiger partial charge on any atom is -0.456 e. The molecule has 1 saturated carbocycles. The smallest absolute Gasteiger partial charge is 0.324 e. The fourth-order valence-corrected chi connectivity index (χ4v) is 3.26. The molecule has 1 aliphatic heterocycles. The highest BCUT2D eigenvalue weighted by Crippen LogP contribution is 2.45. The Labute approximate surface area is 135 Å². The number of rotatable bonds is 1. The normalized spacial score (nSPS) is 23.6. The molecule has 4 nitrogen and oxygen atoms in total. The van der Waals surface area contributed by atoms with Crippen LogP contribution in [0.15, 0.2) is 12.3 Å². The second-order valence-electron chi connectivity index (χ2n) is 5.63. The lowest BCUT2D eigenvalue weighted by Crippen LogP contribution is -2.46. The Morgan fingerprint density at radius 2 is 1.78 bits per heavy atom. The number of hydrogen-bond acceptors (Lipinski definition) is 4. The van der Waals surface area contributed by atoms with Gasteiger partial charge < -0.3 is 9.47 Å². The molecule has 1 atom stereocenters. The first kappa shape index (κ1) is 16.1. The molecule has 23 heavy (non-hydrogen) atoms. The molecule has 124 valence electrons. The topological polar surface area (TPSA) is 48.4 Å². The van der Waals surface area contributed by atoms with Crippen LogP contribution in [0.4, 0.5) is 13.2 Å². The number of carbonyl (C=O) groups excluding carboxylic acids is 1. The number of pyridine rings is 1. The first-order valence-electron chi connectivity index (χ1n) is 7.15. The Bertz CT molecular complexity index is 643. The maximum Gasteiger partial charge on any atom is 0.324 e. The number of aromatic nitrogens is 1. The molecule has 0 unspecified atom stereocenters. The maximum absolute atomic E-state index is 14.0. The van der Waals surface area contributed by atoms with Gasteiger partial charge >= 0.3 is 5.97 Å². The molecular formula is C15H13ClF3NO3. The maximum atomic E-state index is 14.0. The molecule has 0 radical (unpaired) electrons. The largest absolute Gasteiger partial charge is 0.456 e. The fraction of sp³-hybridized carbons (Fsp3) is 0.467. The van der Waals surface area contributed by atoms with Crippen LogP contribution in [-0.2, 0) is 14.3 Å². The van der Waals surface area contributed by atoms with E-state index < -0.39 is 46.0 Å². The molecule has 8 heteroatoms. The Hall–Kier alpha value is -1.76. The number of nitrogens with zero attached hydrogens (tertiary/aromatic N) is 1. The fourth-order valence-electron chi connectivity index (χ4n) is 3.02. The molecule has 0 bridgehead atoms. The number of carbonyl (C=O) groups is 1. The van der Waals surface area contributed by atoms with Gasteiger partial charge in [0, 0.05) is 18.4 Å². The third-order valence-corrected chi connectivity index (χ3v) is 4.46. The van der Waals surface area contributed by atoms with Crippen molar-refractivity contribution in [2.24, 2.45) is 0 Å². The van der Waals surface area contributed by atoms with E-state index in [0.29, 0.717) is 12.8 Å². The van der Waals surface area contributed by atoms with Crippen LogP contribution in [0, 0.1) is 17.7 Å². The van der Waals surface area contributed by atoms with Crippen molar-refractivity contribution in [1.29, 1.82) is 0 Å². The third-order valence-electron chi connectivity index (χ3n) is 4.10. The number of halogens is 4. The lowest BCUT2D eigenvalue weighted by molar-refractivity contribution is -0.247. The van der Waals surface area contributed by atoms with E-state index in [2.05, 4.69) is 11.6 Å². The van der Waals surface area contributed by atoms with Crippen LogP contribution in [0.25, 0.3) is 0 Å². The first-order chi connectivity index (χ1) is 10.8. The molecule has 0 N–H and O–H groups in total. The van der Waals surface area contributed by atoms with Crippen LogP contribution < -0.4 is 0 Å². The van der Waals surface area contributed by atoms with Crippen LogP contribution in [0.2, 0.25) is 5.02 Å². The minimum atomic E-state index is -1.69. The lowest BCUT2D eigenvalue weighted by Gasteiger charge is -2.42. The zero-order valence-electron chi connectivity index (χ0n) is 12.0. The summed E-state index contributed by atoms with van der Waals surface area (Å²) in [5, 5.41) is -0.796. The van der Waals surface area contributed by atoms with Crippen molar-refractivity contribution in [2.75, 3.05) is 0 Å². The number of esters is 1. The second kappa shape index (κ2) is 5.70. The molecule has 2 heterocycles. The quantitative estimate of drug-likeness (QED) is 0.569. The third kappa shape index (κ3) is 2.67. The van der Waals surface area contributed by atoms with E-state index in [1.165, 1.54) is 0 Å². The molecule has 0 aromatic carbocycles. The average Bonchev–Trinajstić information content (AvgIpc) is 2.48. The Kier molecular flexibility index (Phi) is 4.00. The number of ether oxygens (including phenoxy) is 2. The van der Waals surface area contributed by atoms with Crippen molar-refractivity contribution in [3.8, 4) is 0 Å². The van der Waals surface area contributed by atoms with E-state index >= 15 is 0 Å². The van der Waals surface area contributed by atoms with E-state index in [9.17, 15) is 18.0 Å². The lowest BCUT2D eigenvalue weighted by atomic mass is 9.90. The molecule has 0 amide bonds. The standard InChI is InChI=1S/C15H13ClF3NO3/c1-7-8(9-10(16)12(18)20-13(19)11(9)17)14(21)23-15(22-7)5-3-2-4-6-15/h8H,1-6H2/t8-/m0/s1. The summed E-state index contributed by atoms with van der Waals surface area (Å²) in [5.74, 6) is -8.34. The van der Waals surface area contributed by atoms with Gasteiger partial charge in [-0.05, 0) is 12.8 Å². The SMILES string of the molecule is C=C1OC2(CCCCC2)OC(=O)[C@@H]1c1c(F)c(F)nc(F)c1Cl. The highest BCUT2D eigenvalue weighted by Gasteiger charge is 2.48. The first-order valence-corrected chi connectivity index (χ1v) is 7.53. The summed E-state index contributed by atoms with van der Waals surface area (Å²) < 4.78 is 51.8. The molecule has 1 saturated heterocycles. The molecule has 1 spiro atoms. The van der Waals surface area contributed by atoms with Gasteiger partial charge in [0.05, 0.1) is 0 Å². The van der Waals surface area contributed by atoms with Gasteiger partial charge in [0.1, 0.15) is 16.7 Å². The van der Waals surface area contributed by atoms with E-state index in [4.69, 9.17) is 21.1 Å². The average molecular weight is 348 g/mol. The summed E-state index contributed by atoms with van der Waals surface area (Å²) in [5.41, 5.74) is -0.711. The van der Waals surface area contributed by atoms with E-state index in [1.54, 1.807) is 0 Å². The van der Waals surface area contributed by atoms with Gasteiger partial charge in [0.2, 0.25) is 5.95 Å². The van der Waals surface area contributed by atoms with Gasteiger partial charge in [-0.25, -0.2) is 4.39 Å². The monoisotopic (exact) mass is 347 g/mol. The van der Waals surface area contributed by atoms with Crippen LogP contribution in [-0.4, -0.2) is 16.7 Å². The Morgan fingerprint density at radius 1 is 1.13 bits per heavy atom. The Balaban J connectivity index is 2.00. The van der Waals surface area contributed by atoms with E-state index in [0.717, 1.165) is 19.3 Å². The van der Waals surface area contributed by atoms with Gasteiger partial charge in [-0.1, -0.05) is 24.6 Å². The molecular weight excluding hydrogens is 335 g/mol. The van der Waals surface area contributed by atoms with Crippen LogP contribution in [0.5, 0.6) is 0 Å². The van der Waals surface area contributed by atoms with Crippen LogP contribution in [0.3, 0.4) is 0 Å². The van der Waals surface area contributed by atoms with Gasteiger partial charge in [-0.2, -0.15) is 13.8 Å². The summed E-state index contributed by atoms with van der Waals surface area (Å²) in [6, 6.07) is 0. The molecule has 2 aliphatic rings. The van der Waals surface area contributed by atoms with Crippen LogP contribution in [0.1, 0.15) is 43.6 Å². The summed E-state index contributed by atoms with van der Waals surface area (Å²) in [6.07, 6.45) is 3.57. The zero-order valence-corrected chi connectivity index (χ0v) is 12.8. The van der Waals surface area contributed by atoms with E-state index in [1.807, 2.05) is 0 Å². The molecule has 3 rings (SSSR count). The zero-order chi connectivity index (χ0) is 16.8. The van der Waals surface area contributed by atoms with Crippen molar-refractivity contribution in [3.63, 3.8) is 0 Å².